The van der Waals surface area contributed by atoms with E-state index in [2.05, 4.69) is 22.4 Å². The van der Waals surface area contributed by atoms with E-state index in [-0.39, 0.29) is 5.69 Å². The smallest absolute Gasteiger partial charge is 0.331 e. The number of carbonyl (C=O) groups excluding carboxylic acids is 2. The van der Waals surface area contributed by atoms with Crippen LogP contribution in [-0.2, 0) is 9.53 Å². The fourth-order valence-electron chi connectivity index (χ4n) is 3.83. The summed E-state index contributed by atoms with van der Waals surface area (Å²) >= 11 is 0. The molecule has 0 bridgehead atoms. The van der Waals surface area contributed by atoms with Crippen molar-refractivity contribution in [2.45, 2.75) is 58.9 Å². The van der Waals surface area contributed by atoms with Crippen LogP contribution in [-0.4, -0.2) is 39.5 Å². The number of aryl methyl sites for hydroxylation is 3. The lowest BCUT2D eigenvalue weighted by atomic mass is 9.77. The zero-order chi connectivity index (χ0) is 20.5. The second kappa shape index (κ2) is 7.73. The summed E-state index contributed by atoms with van der Waals surface area (Å²) in [5.41, 5.74) is 2.74. The van der Waals surface area contributed by atoms with Gasteiger partial charge in [-0.2, -0.15) is 9.90 Å². The first-order valence-electron chi connectivity index (χ1n) is 9.68. The number of rotatable bonds is 4. The topological polar surface area (TPSA) is 86.1 Å². The first-order valence-corrected chi connectivity index (χ1v) is 9.68. The van der Waals surface area contributed by atoms with E-state index in [1.165, 1.54) is 11.9 Å². The highest BCUT2D eigenvalue weighted by molar-refractivity contribution is 5.97. The molecule has 1 aromatic carbocycles. The summed E-state index contributed by atoms with van der Waals surface area (Å²) < 4.78 is 5.00. The standard InChI is InChI=1S/C21H28N4O3/c1-13-8-10-21(11-9-13,20(27)28-5)22-19(26)18-16(4)23-25(24-18)17-7-6-14(2)12-15(17)3/h6-7,12-13H,8-11H2,1-5H3,(H,22,26). The van der Waals surface area contributed by atoms with Gasteiger partial charge >= 0.3 is 5.97 Å². The number of hydrogen-bond donors (Lipinski definition) is 1. The molecule has 1 N–H and O–H groups in total. The van der Waals surface area contributed by atoms with Crippen LogP contribution in [0.25, 0.3) is 5.69 Å². The lowest BCUT2D eigenvalue weighted by Crippen LogP contribution is -2.57. The highest BCUT2D eigenvalue weighted by Gasteiger charge is 2.44. The minimum absolute atomic E-state index is 0.224. The number of methoxy groups -OCH3 is 1. The molecular weight excluding hydrogens is 356 g/mol. The summed E-state index contributed by atoms with van der Waals surface area (Å²) in [5.74, 6) is -0.262. The van der Waals surface area contributed by atoms with Crippen molar-refractivity contribution in [2.24, 2.45) is 5.92 Å². The van der Waals surface area contributed by atoms with Crippen molar-refractivity contribution in [3.05, 3.63) is 40.7 Å². The minimum Gasteiger partial charge on any atom is -0.467 e. The van der Waals surface area contributed by atoms with Crippen molar-refractivity contribution in [3.8, 4) is 5.69 Å². The van der Waals surface area contributed by atoms with E-state index in [9.17, 15) is 9.59 Å². The Balaban J connectivity index is 1.88. The van der Waals surface area contributed by atoms with E-state index in [0.29, 0.717) is 24.5 Å². The van der Waals surface area contributed by atoms with Crippen LogP contribution in [0, 0.1) is 26.7 Å². The van der Waals surface area contributed by atoms with Crippen LogP contribution in [0.15, 0.2) is 18.2 Å². The molecule has 0 radical (unpaired) electrons. The van der Waals surface area contributed by atoms with Crippen molar-refractivity contribution >= 4 is 11.9 Å². The quantitative estimate of drug-likeness (QED) is 0.819. The lowest BCUT2D eigenvalue weighted by Gasteiger charge is -2.37. The number of carbonyl (C=O) groups is 2. The van der Waals surface area contributed by atoms with Crippen molar-refractivity contribution < 1.29 is 14.3 Å². The van der Waals surface area contributed by atoms with Gasteiger partial charge < -0.3 is 10.1 Å². The van der Waals surface area contributed by atoms with Gasteiger partial charge in [-0.3, -0.25) is 4.79 Å². The largest absolute Gasteiger partial charge is 0.467 e. The Bertz CT molecular complexity index is 895. The molecule has 0 saturated heterocycles. The number of esters is 1. The minimum atomic E-state index is -0.992. The van der Waals surface area contributed by atoms with Gasteiger partial charge in [-0.15, -0.1) is 5.10 Å². The maximum absolute atomic E-state index is 13.0. The van der Waals surface area contributed by atoms with E-state index in [0.717, 1.165) is 29.7 Å². The van der Waals surface area contributed by atoms with Crippen molar-refractivity contribution in [1.29, 1.82) is 0 Å². The molecule has 1 heterocycles. The Morgan fingerprint density at radius 2 is 1.86 bits per heavy atom. The molecule has 1 aliphatic carbocycles. The van der Waals surface area contributed by atoms with Gasteiger partial charge in [-0.25, -0.2) is 4.79 Å². The number of nitrogens with one attached hydrogen (secondary N) is 1. The molecule has 1 aromatic heterocycles. The first-order chi connectivity index (χ1) is 13.3. The molecule has 150 valence electrons. The molecule has 0 atom stereocenters. The molecule has 0 unspecified atom stereocenters. The van der Waals surface area contributed by atoms with Crippen LogP contribution in [0.3, 0.4) is 0 Å². The van der Waals surface area contributed by atoms with Crippen LogP contribution in [0.4, 0.5) is 0 Å². The predicted octanol–water partition coefficient (Wildman–Crippen LogP) is 3.04. The second-order valence-corrected chi connectivity index (χ2v) is 7.92. The second-order valence-electron chi connectivity index (χ2n) is 7.92. The van der Waals surface area contributed by atoms with Crippen LogP contribution in [0.2, 0.25) is 0 Å². The Morgan fingerprint density at radius 1 is 1.18 bits per heavy atom. The van der Waals surface area contributed by atoms with Gasteiger partial charge in [0.25, 0.3) is 5.91 Å². The zero-order valence-corrected chi connectivity index (χ0v) is 17.2. The first kappa shape index (κ1) is 20.0. The average Bonchev–Trinajstić information content (AvgIpc) is 3.04. The summed E-state index contributed by atoms with van der Waals surface area (Å²) in [4.78, 5) is 26.9. The molecule has 1 amide bonds. The Kier molecular flexibility index (Phi) is 5.54. The normalized spacial score (nSPS) is 22.0. The maximum Gasteiger partial charge on any atom is 0.331 e. The molecule has 1 saturated carbocycles. The summed E-state index contributed by atoms with van der Waals surface area (Å²) in [6, 6.07) is 5.96. The van der Waals surface area contributed by atoms with E-state index in [1.807, 2.05) is 32.0 Å². The monoisotopic (exact) mass is 384 g/mol. The molecule has 1 aliphatic rings. The number of ether oxygens (including phenoxy) is 1. The van der Waals surface area contributed by atoms with E-state index < -0.39 is 17.4 Å². The molecule has 1 fully saturated rings. The summed E-state index contributed by atoms with van der Waals surface area (Å²) in [6.45, 7) is 7.91. The Hall–Kier alpha value is -2.70. The number of benzene rings is 1. The highest BCUT2D eigenvalue weighted by atomic mass is 16.5. The molecule has 0 spiro atoms. The van der Waals surface area contributed by atoms with Crippen molar-refractivity contribution in [1.82, 2.24) is 20.3 Å². The molecule has 0 aliphatic heterocycles. The summed E-state index contributed by atoms with van der Waals surface area (Å²) in [6.07, 6.45) is 2.86. The molecule has 28 heavy (non-hydrogen) atoms. The van der Waals surface area contributed by atoms with Gasteiger partial charge in [0.2, 0.25) is 0 Å². The zero-order valence-electron chi connectivity index (χ0n) is 17.2. The lowest BCUT2D eigenvalue weighted by molar-refractivity contribution is -0.150. The molecule has 2 aromatic rings. The number of aromatic nitrogens is 3. The number of amides is 1. The molecule has 7 heteroatoms. The van der Waals surface area contributed by atoms with E-state index >= 15 is 0 Å². The fraction of sp³-hybridized carbons (Fsp3) is 0.524. The summed E-state index contributed by atoms with van der Waals surface area (Å²) in [7, 11) is 1.36. The third-order valence-corrected chi connectivity index (χ3v) is 5.62. The van der Waals surface area contributed by atoms with Crippen LogP contribution >= 0.6 is 0 Å². The third-order valence-electron chi connectivity index (χ3n) is 5.62. The van der Waals surface area contributed by atoms with Gasteiger partial charge in [-0.1, -0.05) is 24.6 Å². The fourth-order valence-corrected chi connectivity index (χ4v) is 3.83. The third kappa shape index (κ3) is 3.79. The van der Waals surface area contributed by atoms with Gasteiger partial charge in [-0.05, 0) is 64.0 Å². The van der Waals surface area contributed by atoms with Gasteiger partial charge in [0, 0.05) is 0 Å². The summed E-state index contributed by atoms with van der Waals surface area (Å²) in [5, 5.41) is 11.7. The van der Waals surface area contributed by atoms with Gasteiger partial charge in [0.15, 0.2) is 5.69 Å². The van der Waals surface area contributed by atoms with Crippen LogP contribution < -0.4 is 5.32 Å². The highest BCUT2D eigenvalue weighted by Crippen LogP contribution is 2.33. The van der Waals surface area contributed by atoms with Crippen molar-refractivity contribution in [2.75, 3.05) is 7.11 Å². The SMILES string of the molecule is COC(=O)C1(NC(=O)c2nn(-c3ccc(C)cc3C)nc2C)CCC(C)CC1. The molecule has 3 rings (SSSR count). The van der Waals surface area contributed by atoms with E-state index in [1.54, 1.807) is 6.92 Å². The van der Waals surface area contributed by atoms with E-state index in [4.69, 9.17) is 4.74 Å². The Labute approximate surface area is 165 Å². The van der Waals surface area contributed by atoms with Gasteiger partial charge in [0.05, 0.1) is 18.5 Å². The maximum atomic E-state index is 13.0. The predicted molar refractivity (Wildman–Crippen MR) is 105 cm³/mol. The van der Waals surface area contributed by atoms with Crippen LogP contribution in [0.1, 0.15) is 59.9 Å². The number of hydrogen-bond acceptors (Lipinski definition) is 5. The van der Waals surface area contributed by atoms with Crippen LogP contribution in [0.5, 0.6) is 0 Å². The van der Waals surface area contributed by atoms with Crippen molar-refractivity contribution in [3.63, 3.8) is 0 Å². The molecule has 7 nitrogen and oxygen atoms in total. The molecular formula is C21H28N4O3. The Morgan fingerprint density at radius 3 is 2.46 bits per heavy atom. The average molecular weight is 384 g/mol. The number of nitrogens with zero attached hydrogens (tertiary/aromatic N) is 3. The van der Waals surface area contributed by atoms with Gasteiger partial charge in [0.1, 0.15) is 5.54 Å².